The van der Waals surface area contributed by atoms with Crippen LogP contribution in [0.2, 0.25) is 0 Å². The fourth-order valence-corrected chi connectivity index (χ4v) is 4.08. The highest BCUT2D eigenvalue weighted by Gasteiger charge is 2.52. The minimum absolute atomic E-state index is 0.300. The number of rotatable bonds is 5. The van der Waals surface area contributed by atoms with E-state index in [1.54, 1.807) is 6.92 Å². The van der Waals surface area contributed by atoms with Crippen LogP contribution in [0.4, 0.5) is 14.9 Å². The smallest absolute Gasteiger partial charge is 0.323 e. The van der Waals surface area contributed by atoms with Crippen molar-refractivity contribution in [3.8, 4) is 0 Å². The second kappa shape index (κ2) is 7.66. The Labute approximate surface area is 158 Å². The summed E-state index contributed by atoms with van der Waals surface area (Å²) in [6.45, 7) is 3.98. The van der Waals surface area contributed by atoms with Crippen LogP contribution in [0, 0.1) is 11.7 Å². The molecule has 1 saturated heterocycles. The van der Waals surface area contributed by atoms with Crippen LogP contribution in [-0.4, -0.2) is 41.4 Å². The van der Waals surface area contributed by atoms with Crippen molar-refractivity contribution < 1.29 is 18.8 Å². The highest BCUT2D eigenvalue weighted by Crippen LogP contribution is 2.37. The average Bonchev–Trinajstić information content (AvgIpc) is 2.89. The number of imide groups is 1. The molecule has 1 aliphatic carbocycles. The molecule has 1 aliphatic heterocycles. The van der Waals surface area contributed by atoms with Crippen LogP contribution in [0.5, 0.6) is 0 Å². The molecule has 0 atom stereocenters. The molecule has 1 saturated carbocycles. The number of carbonyl (C=O) groups excluding carboxylic acids is 3. The number of urea groups is 1. The van der Waals surface area contributed by atoms with Crippen molar-refractivity contribution in [1.29, 1.82) is 0 Å². The van der Waals surface area contributed by atoms with E-state index in [2.05, 4.69) is 12.2 Å². The molecule has 27 heavy (non-hydrogen) atoms. The zero-order chi connectivity index (χ0) is 19.6. The van der Waals surface area contributed by atoms with Gasteiger partial charge in [-0.1, -0.05) is 13.3 Å². The van der Waals surface area contributed by atoms with Gasteiger partial charge in [-0.25, -0.2) is 9.18 Å². The number of likely N-dealkylation sites (N-methyl/N-ethyl adjacent to an activating group) is 1. The molecule has 1 aromatic carbocycles. The standard InChI is InChI=1S/C20H26FN3O3/c1-3-14-9-11-20(12-10-14)18(26)24(19(27)22-20)13-17(25)23(4-2)16-7-5-15(21)6-8-16/h5-8,14H,3-4,9-13H2,1-2H3,(H,22,27). The second-order valence-corrected chi connectivity index (χ2v) is 7.37. The number of anilines is 1. The molecule has 1 N–H and O–H groups in total. The molecule has 1 aromatic rings. The SMILES string of the molecule is CCC1CCC2(CC1)NC(=O)N(CC(=O)N(CC)c1ccc(F)cc1)C2=O. The van der Waals surface area contributed by atoms with E-state index < -0.39 is 11.6 Å². The fraction of sp³-hybridized carbons (Fsp3) is 0.550. The van der Waals surface area contributed by atoms with Crippen LogP contribution < -0.4 is 10.2 Å². The Balaban J connectivity index is 1.71. The van der Waals surface area contributed by atoms with Gasteiger partial charge < -0.3 is 10.2 Å². The van der Waals surface area contributed by atoms with Gasteiger partial charge in [-0.05, 0) is 62.8 Å². The maximum Gasteiger partial charge on any atom is 0.325 e. The molecule has 2 fully saturated rings. The number of halogens is 1. The van der Waals surface area contributed by atoms with Gasteiger partial charge in [0.25, 0.3) is 5.91 Å². The summed E-state index contributed by atoms with van der Waals surface area (Å²) < 4.78 is 13.1. The number of amides is 4. The Morgan fingerprint density at radius 1 is 1.22 bits per heavy atom. The average molecular weight is 375 g/mol. The number of nitrogens with one attached hydrogen (secondary N) is 1. The summed E-state index contributed by atoms with van der Waals surface area (Å²) in [6, 6.07) is 5.07. The van der Waals surface area contributed by atoms with Gasteiger partial charge in [0, 0.05) is 12.2 Å². The van der Waals surface area contributed by atoms with Crippen molar-refractivity contribution in [2.45, 2.75) is 51.5 Å². The third kappa shape index (κ3) is 3.68. The van der Waals surface area contributed by atoms with Crippen molar-refractivity contribution in [3.05, 3.63) is 30.1 Å². The van der Waals surface area contributed by atoms with Gasteiger partial charge in [0.1, 0.15) is 17.9 Å². The molecule has 0 bridgehead atoms. The lowest BCUT2D eigenvalue weighted by Crippen LogP contribution is -2.50. The van der Waals surface area contributed by atoms with E-state index in [-0.39, 0.29) is 24.2 Å². The number of benzene rings is 1. The first-order valence-electron chi connectivity index (χ1n) is 9.60. The van der Waals surface area contributed by atoms with Crippen molar-refractivity contribution in [2.24, 2.45) is 5.92 Å². The summed E-state index contributed by atoms with van der Waals surface area (Å²) in [5, 5.41) is 2.84. The summed E-state index contributed by atoms with van der Waals surface area (Å²) in [5.74, 6) is -0.469. The lowest BCUT2D eigenvalue weighted by atomic mass is 9.75. The Bertz CT molecular complexity index is 726. The van der Waals surface area contributed by atoms with E-state index in [9.17, 15) is 18.8 Å². The topological polar surface area (TPSA) is 69.7 Å². The molecular weight excluding hydrogens is 349 g/mol. The van der Waals surface area contributed by atoms with Crippen LogP contribution in [0.25, 0.3) is 0 Å². The molecule has 146 valence electrons. The van der Waals surface area contributed by atoms with E-state index in [1.165, 1.54) is 29.2 Å². The van der Waals surface area contributed by atoms with E-state index in [0.717, 1.165) is 24.2 Å². The Morgan fingerprint density at radius 3 is 2.41 bits per heavy atom. The second-order valence-electron chi connectivity index (χ2n) is 7.37. The molecule has 2 aliphatic rings. The summed E-state index contributed by atoms with van der Waals surface area (Å²) in [6.07, 6.45) is 4.12. The summed E-state index contributed by atoms with van der Waals surface area (Å²) in [5.41, 5.74) is -0.315. The van der Waals surface area contributed by atoms with E-state index in [4.69, 9.17) is 0 Å². The van der Waals surface area contributed by atoms with Gasteiger partial charge >= 0.3 is 6.03 Å². The van der Waals surface area contributed by atoms with Gasteiger partial charge in [0.2, 0.25) is 5.91 Å². The van der Waals surface area contributed by atoms with Crippen molar-refractivity contribution >= 4 is 23.5 Å². The van der Waals surface area contributed by atoms with Gasteiger partial charge in [0.05, 0.1) is 0 Å². The Hall–Kier alpha value is -2.44. The number of hydrogen-bond donors (Lipinski definition) is 1. The Morgan fingerprint density at radius 2 is 1.85 bits per heavy atom. The fourth-order valence-electron chi connectivity index (χ4n) is 4.08. The normalized spacial score (nSPS) is 25.0. The van der Waals surface area contributed by atoms with E-state index in [0.29, 0.717) is 31.0 Å². The molecule has 0 radical (unpaired) electrons. The van der Waals surface area contributed by atoms with Crippen LogP contribution in [0.3, 0.4) is 0 Å². The van der Waals surface area contributed by atoms with Gasteiger partial charge in [0.15, 0.2) is 0 Å². The Kier molecular flexibility index (Phi) is 5.48. The number of hydrogen-bond acceptors (Lipinski definition) is 3. The first kappa shape index (κ1) is 19.3. The van der Waals surface area contributed by atoms with Crippen molar-refractivity contribution in [3.63, 3.8) is 0 Å². The quantitative estimate of drug-likeness (QED) is 0.804. The molecule has 7 heteroatoms. The highest BCUT2D eigenvalue weighted by atomic mass is 19.1. The summed E-state index contributed by atoms with van der Waals surface area (Å²) in [4.78, 5) is 40.6. The molecule has 6 nitrogen and oxygen atoms in total. The third-order valence-corrected chi connectivity index (χ3v) is 5.83. The molecule has 0 unspecified atom stereocenters. The van der Waals surface area contributed by atoms with Crippen LogP contribution in [-0.2, 0) is 9.59 Å². The maximum absolute atomic E-state index is 13.1. The minimum Gasteiger partial charge on any atom is -0.323 e. The van der Waals surface area contributed by atoms with Crippen molar-refractivity contribution in [1.82, 2.24) is 10.2 Å². The van der Waals surface area contributed by atoms with Gasteiger partial charge in [-0.3, -0.25) is 14.5 Å². The van der Waals surface area contributed by atoms with Crippen LogP contribution in [0.15, 0.2) is 24.3 Å². The predicted molar refractivity (Wildman–Crippen MR) is 99.7 cm³/mol. The minimum atomic E-state index is -0.851. The number of nitrogens with zero attached hydrogens (tertiary/aromatic N) is 2. The van der Waals surface area contributed by atoms with Gasteiger partial charge in [-0.2, -0.15) is 0 Å². The first-order valence-corrected chi connectivity index (χ1v) is 9.60. The lowest BCUT2D eigenvalue weighted by Gasteiger charge is -2.34. The zero-order valence-electron chi connectivity index (χ0n) is 15.8. The molecule has 1 spiro atoms. The predicted octanol–water partition coefficient (Wildman–Crippen LogP) is 3.07. The largest absolute Gasteiger partial charge is 0.325 e. The third-order valence-electron chi connectivity index (χ3n) is 5.83. The zero-order valence-corrected chi connectivity index (χ0v) is 15.8. The highest BCUT2D eigenvalue weighted by molar-refractivity contribution is 6.10. The molecule has 1 heterocycles. The molecule has 0 aromatic heterocycles. The number of carbonyl (C=O) groups is 3. The van der Waals surface area contributed by atoms with E-state index >= 15 is 0 Å². The van der Waals surface area contributed by atoms with E-state index in [1.807, 2.05) is 0 Å². The summed E-state index contributed by atoms with van der Waals surface area (Å²) in [7, 11) is 0. The molecule has 3 rings (SSSR count). The maximum atomic E-state index is 13.1. The van der Waals surface area contributed by atoms with Gasteiger partial charge in [-0.15, -0.1) is 0 Å². The van der Waals surface area contributed by atoms with Crippen LogP contribution >= 0.6 is 0 Å². The summed E-state index contributed by atoms with van der Waals surface area (Å²) >= 11 is 0. The first-order chi connectivity index (χ1) is 12.9. The van der Waals surface area contributed by atoms with Crippen LogP contribution in [0.1, 0.15) is 46.0 Å². The molecule has 4 amide bonds. The lowest BCUT2D eigenvalue weighted by molar-refractivity contribution is -0.135. The monoisotopic (exact) mass is 375 g/mol. The van der Waals surface area contributed by atoms with Crippen molar-refractivity contribution in [2.75, 3.05) is 18.0 Å². The molecular formula is C20H26FN3O3.